The van der Waals surface area contributed by atoms with E-state index in [0.29, 0.717) is 17.5 Å². The van der Waals surface area contributed by atoms with Gasteiger partial charge < -0.3 is 19.7 Å². The van der Waals surface area contributed by atoms with Gasteiger partial charge in [0.2, 0.25) is 0 Å². The molecule has 0 aliphatic heterocycles. The summed E-state index contributed by atoms with van der Waals surface area (Å²) >= 11 is 0. The Hall–Kier alpha value is -3.38. The van der Waals surface area contributed by atoms with Crippen LogP contribution in [-0.2, 0) is 13.0 Å². The number of hydrogen-bond acceptors (Lipinski definition) is 3. The van der Waals surface area contributed by atoms with Gasteiger partial charge in [-0.15, -0.1) is 0 Å². The molecule has 136 valence electrons. The minimum Gasteiger partial charge on any atom is -0.478 e. The van der Waals surface area contributed by atoms with Gasteiger partial charge in [-0.3, -0.25) is 0 Å². The summed E-state index contributed by atoms with van der Waals surface area (Å²) in [7, 11) is 0. The number of aliphatic hydroxyl groups excluding tert-OH is 1. The molecule has 6 nitrogen and oxygen atoms in total. The molecule has 0 atom stereocenters. The number of carbonyl (C=O) groups is 2. The van der Waals surface area contributed by atoms with E-state index in [0.717, 1.165) is 27.8 Å². The zero-order valence-corrected chi connectivity index (χ0v) is 14.6. The van der Waals surface area contributed by atoms with E-state index in [9.17, 15) is 24.9 Å². The van der Waals surface area contributed by atoms with Gasteiger partial charge in [-0.1, -0.05) is 37.3 Å². The monoisotopic (exact) mass is 363 g/mol. The highest BCUT2D eigenvalue weighted by Crippen LogP contribution is 2.41. The second-order valence-electron chi connectivity index (χ2n) is 6.40. The van der Waals surface area contributed by atoms with Crippen LogP contribution < -0.4 is 0 Å². The minimum atomic E-state index is -1.26. The Bertz CT molecular complexity index is 1190. The van der Waals surface area contributed by atoms with Gasteiger partial charge in [-0.2, -0.15) is 0 Å². The predicted molar refractivity (Wildman–Crippen MR) is 101 cm³/mol. The zero-order valence-electron chi connectivity index (χ0n) is 14.6. The number of pyridine rings is 1. The van der Waals surface area contributed by atoms with Crippen molar-refractivity contribution in [3.63, 3.8) is 0 Å². The minimum absolute atomic E-state index is 0.0842. The number of aromatic nitrogens is 1. The average Bonchev–Trinajstić information content (AvgIpc) is 3.18. The Morgan fingerprint density at radius 2 is 1.56 bits per heavy atom. The lowest BCUT2D eigenvalue weighted by molar-refractivity contribution is 0.0655. The maximum atomic E-state index is 12.0. The highest BCUT2D eigenvalue weighted by molar-refractivity contribution is 6.17. The third kappa shape index (κ3) is 2.30. The van der Waals surface area contributed by atoms with Gasteiger partial charge in [0.15, 0.2) is 0 Å². The van der Waals surface area contributed by atoms with Gasteiger partial charge in [0, 0.05) is 5.56 Å². The van der Waals surface area contributed by atoms with Crippen LogP contribution >= 0.6 is 0 Å². The Kier molecular flexibility index (Phi) is 3.86. The lowest BCUT2D eigenvalue weighted by Crippen LogP contribution is -2.06. The summed E-state index contributed by atoms with van der Waals surface area (Å²) in [5.74, 6) is -2.53. The van der Waals surface area contributed by atoms with Gasteiger partial charge in [0.05, 0.1) is 23.2 Å². The van der Waals surface area contributed by atoms with Crippen LogP contribution in [0.3, 0.4) is 0 Å². The molecular formula is C21H17NO5. The topological polar surface area (TPSA) is 99.2 Å². The summed E-state index contributed by atoms with van der Waals surface area (Å²) in [4.78, 5) is 23.9. The molecule has 0 amide bonds. The molecule has 0 aliphatic carbocycles. The summed E-state index contributed by atoms with van der Waals surface area (Å²) in [6, 6.07) is 12.5. The largest absolute Gasteiger partial charge is 0.478 e. The van der Waals surface area contributed by atoms with Crippen LogP contribution in [0.2, 0.25) is 0 Å². The molecule has 6 heteroatoms. The van der Waals surface area contributed by atoms with E-state index in [4.69, 9.17) is 0 Å². The summed E-state index contributed by atoms with van der Waals surface area (Å²) in [6.45, 7) is 1.90. The fraction of sp³-hybridized carbons (Fsp3) is 0.143. The Labute approximate surface area is 154 Å². The fourth-order valence-electron chi connectivity index (χ4n) is 3.92. The molecule has 3 heterocycles. The Balaban J connectivity index is 2.22. The normalized spacial score (nSPS) is 11.5. The highest BCUT2D eigenvalue weighted by Gasteiger charge is 2.31. The molecule has 0 fully saturated rings. The number of aryl methyl sites for hydroxylation is 1. The van der Waals surface area contributed by atoms with Crippen LogP contribution in [-0.4, -0.2) is 31.7 Å². The second-order valence-corrected chi connectivity index (χ2v) is 6.40. The first kappa shape index (κ1) is 17.1. The molecule has 27 heavy (non-hydrogen) atoms. The third-order valence-corrected chi connectivity index (χ3v) is 5.01. The standard InChI is InChI=1S/C21H17NO5/c1-2-13-14-4-3-5-15-17(20(24)25)18(21(26)27)19(22(14)15)16(13)12-8-6-11(10-23)7-9-12/h3-9,23H,2,10H2,1H3,(H,24,25)(H,26,27). The molecule has 0 saturated heterocycles. The SMILES string of the molecule is CCc1c(-c2ccc(CO)cc2)c2c(C(=O)O)c(C(=O)O)c3cccc1n32. The lowest BCUT2D eigenvalue weighted by atomic mass is 9.96. The first-order valence-electron chi connectivity index (χ1n) is 8.57. The van der Waals surface area contributed by atoms with Crippen molar-refractivity contribution in [1.82, 2.24) is 4.40 Å². The zero-order chi connectivity index (χ0) is 19.3. The van der Waals surface area contributed by atoms with Gasteiger partial charge in [0.25, 0.3) is 0 Å². The van der Waals surface area contributed by atoms with Gasteiger partial charge >= 0.3 is 11.9 Å². The molecule has 0 radical (unpaired) electrons. The van der Waals surface area contributed by atoms with Crippen molar-refractivity contribution >= 4 is 28.5 Å². The van der Waals surface area contributed by atoms with Crippen molar-refractivity contribution in [3.05, 3.63) is 64.7 Å². The van der Waals surface area contributed by atoms with E-state index >= 15 is 0 Å². The quantitative estimate of drug-likeness (QED) is 0.503. The van der Waals surface area contributed by atoms with E-state index in [-0.39, 0.29) is 17.7 Å². The summed E-state index contributed by atoms with van der Waals surface area (Å²) in [6.07, 6.45) is 0.666. The number of aromatic carboxylic acids is 2. The maximum absolute atomic E-state index is 12.0. The molecule has 1 aromatic carbocycles. The second kappa shape index (κ2) is 6.10. The summed E-state index contributed by atoms with van der Waals surface area (Å²) < 4.78 is 1.74. The molecule has 0 unspecified atom stereocenters. The average molecular weight is 363 g/mol. The first-order valence-corrected chi connectivity index (χ1v) is 8.57. The van der Waals surface area contributed by atoms with Gasteiger partial charge in [0.1, 0.15) is 11.1 Å². The van der Waals surface area contributed by atoms with E-state index in [2.05, 4.69) is 0 Å². The van der Waals surface area contributed by atoms with E-state index in [1.165, 1.54) is 0 Å². The molecule has 3 aromatic heterocycles. The molecule has 3 N–H and O–H groups in total. The molecule has 0 spiro atoms. The number of aliphatic hydroxyl groups is 1. The maximum Gasteiger partial charge on any atom is 0.338 e. The smallest absolute Gasteiger partial charge is 0.338 e. The molecule has 0 saturated carbocycles. The summed E-state index contributed by atoms with van der Waals surface area (Å²) in [5.41, 5.74) is 4.42. The van der Waals surface area contributed by atoms with E-state index < -0.39 is 11.9 Å². The predicted octanol–water partition coefficient (Wildman–Crippen LogP) is 3.65. The van der Waals surface area contributed by atoms with Crippen LogP contribution in [0.4, 0.5) is 0 Å². The van der Waals surface area contributed by atoms with Crippen LogP contribution in [0.1, 0.15) is 38.8 Å². The number of benzene rings is 1. The number of hydrogen-bond donors (Lipinski definition) is 3. The summed E-state index contributed by atoms with van der Waals surface area (Å²) in [5, 5.41) is 28.8. The first-order chi connectivity index (χ1) is 13.0. The van der Waals surface area contributed by atoms with Crippen LogP contribution in [0, 0.1) is 0 Å². The van der Waals surface area contributed by atoms with Crippen LogP contribution in [0.5, 0.6) is 0 Å². The van der Waals surface area contributed by atoms with Crippen molar-refractivity contribution in [3.8, 4) is 11.1 Å². The van der Waals surface area contributed by atoms with E-state index in [1.807, 2.05) is 25.1 Å². The van der Waals surface area contributed by atoms with Crippen molar-refractivity contribution < 1.29 is 24.9 Å². The van der Waals surface area contributed by atoms with E-state index in [1.54, 1.807) is 28.7 Å². The van der Waals surface area contributed by atoms with Crippen molar-refractivity contribution in [2.75, 3.05) is 0 Å². The van der Waals surface area contributed by atoms with Crippen molar-refractivity contribution in [2.45, 2.75) is 20.0 Å². The van der Waals surface area contributed by atoms with Crippen LogP contribution in [0.15, 0.2) is 42.5 Å². The molecular weight excluding hydrogens is 346 g/mol. The van der Waals surface area contributed by atoms with Crippen LogP contribution in [0.25, 0.3) is 27.7 Å². The molecule has 4 aromatic rings. The molecule has 0 bridgehead atoms. The molecule has 0 aliphatic rings. The lowest BCUT2D eigenvalue weighted by Gasteiger charge is -2.06. The molecule has 4 rings (SSSR count). The number of carboxylic acids is 2. The fourth-order valence-corrected chi connectivity index (χ4v) is 3.92. The van der Waals surface area contributed by atoms with Gasteiger partial charge in [-0.25, -0.2) is 9.59 Å². The van der Waals surface area contributed by atoms with Crippen molar-refractivity contribution in [1.29, 1.82) is 0 Å². The van der Waals surface area contributed by atoms with Gasteiger partial charge in [-0.05, 0) is 35.2 Å². The number of carboxylic acid groups (broad SMARTS) is 2. The third-order valence-electron chi connectivity index (χ3n) is 5.01. The highest BCUT2D eigenvalue weighted by atomic mass is 16.4. The number of nitrogens with zero attached hydrogens (tertiary/aromatic N) is 1. The Morgan fingerprint density at radius 3 is 2.11 bits per heavy atom. The Morgan fingerprint density at radius 1 is 0.926 bits per heavy atom. The van der Waals surface area contributed by atoms with Crippen molar-refractivity contribution in [2.24, 2.45) is 0 Å². The number of rotatable bonds is 5.